The first-order valence-corrected chi connectivity index (χ1v) is 6.59. The van der Waals surface area contributed by atoms with E-state index in [-0.39, 0.29) is 11.8 Å². The first-order valence-electron chi connectivity index (χ1n) is 6.59. The Balaban J connectivity index is 2.79. The van der Waals surface area contributed by atoms with Gasteiger partial charge in [-0.2, -0.15) is 0 Å². The highest BCUT2D eigenvalue weighted by Gasteiger charge is 2.28. The van der Waals surface area contributed by atoms with Crippen LogP contribution in [0.1, 0.15) is 25.5 Å². The van der Waals surface area contributed by atoms with Gasteiger partial charge in [0.1, 0.15) is 6.04 Å². The fraction of sp³-hybridized carbons (Fsp3) is 0.467. The van der Waals surface area contributed by atoms with Gasteiger partial charge < -0.3 is 15.3 Å². The lowest BCUT2D eigenvalue weighted by molar-refractivity contribution is -0.138. The summed E-state index contributed by atoms with van der Waals surface area (Å²) >= 11 is 0. The molecule has 0 aliphatic carbocycles. The van der Waals surface area contributed by atoms with Crippen LogP contribution in [-0.2, 0) is 9.59 Å². The van der Waals surface area contributed by atoms with Crippen molar-refractivity contribution in [3.05, 3.63) is 35.9 Å². The molecule has 1 aromatic carbocycles. The summed E-state index contributed by atoms with van der Waals surface area (Å²) in [6.45, 7) is 3.70. The molecular formula is C15H22N2O3. The zero-order valence-electron chi connectivity index (χ0n) is 12.3. The second kappa shape index (κ2) is 7.05. The van der Waals surface area contributed by atoms with E-state index < -0.39 is 18.1 Å². The van der Waals surface area contributed by atoms with Crippen LogP contribution in [0.25, 0.3) is 0 Å². The summed E-state index contributed by atoms with van der Waals surface area (Å²) < 4.78 is 0. The van der Waals surface area contributed by atoms with E-state index in [0.29, 0.717) is 5.56 Å². The van der Waals surface area contributed by atoms with Crippen molar-refractivity contribution in [2.45, 2.75) is 26.0 Å². The average Bonchev–Trinajstić information content (AvgIpc) is 2.43. The van der Waals surface area contributed by atoms with E-state index in [4.69, 9.17) is 0 Å². The summed E-state index contributed by atoms with van der Waals surface area (Å²) in [5, 5.41) is 12.6. The predicted octanol–water partition coefficient (Wildman–Crippen LogP) is 0.949. The molecule has 0 aromatic heterocycles. The Bertz CT molecular complexity index is 457. The zero-order valence-corrected chi connectivity index (χ0v) is 12.3. The van der Waals surface area contributed by atoms with Crippen molar-refractivity contribution in [2.75, 3.05) is 14.1 Å². The van der Waals surface area contributed by atoms with Crippen LogP contribution in [0.5, 0.6) is 0 Å². The second-order valence-electron chi connectivity index (χ2n) is 5.28. The van der Waals surface area contributed by atoms with E-state index >= 15 is 0 Å². The Labute approximate surface area is 119 Å². The van der Waals surface area contributed by atoms with Crippen molar-refractivity contribution in [1.29, 1.82) is 0 Å². The summed E-state index contributed by atoms with van der Waals surface area (Å²) in [6, 6.07) is 8.00. The highest BCUT2D eigenvalue weighted by atomic mass is 16.3. The molecular weight excluding hydrogens is 256 g/mol. The van der Waals surface area contributed by atoms with Crippen molar-refractivity contribution < 1.29 is 14.7 Å². The van der Waals surface area contributed by atoms with Gasteiger partial charge in [-0.15, -0.1) is 0 Å². The average molecular weight is 278 g/mol. The molecule has 0 fully saturated rings. The van der Waals surface area contributed by atoms with Crippen molar-refractivity contribution in [3.8, 4) is 0 Å². The number of rotatable bonds is 5. The topological polar surface area (TPSA) is 69.6 Å². The molecule has 0 saturated carbocycles. The summed E-state index contributed by atoms with van der Waals surface area (Å²) in [7, 11) is 3.27. The lowest BCUT2D eigenvalue weighted by Crippen LogP contribution is -2.50. The predicted molar refractivity (Wildman–Crippen MR) is 76.9 cm³/mol. The van der Waals surface area contributed by atoms with Crippen LogP contribution in [0.2, 0.25) is 0 Å². The van der Waals surface area contributed by atoms with E-state index in [2.05, 4.69) is 5.32 Å². The number of likely N-dealkylation sites (N-methyl/N-ethyl adjacent to an activating group) is 1. The van der Waals surface area contributed by atoms with Crippen molar-refractivity contribution in [2.24, 2.45) is 5.92 Å². The largest absolute Gasteiger partial charge is 0.378 e. The van der Waals surface area contributed by atoms with E-state index in [0.717, 1.165) is 0 Å². The lowest BCUT2D eigenvalue weighted by Gasteiger charge is -2.25. The third-order valence-electron chi connectivity index (χ3n) is 3.03. The molecule has 0 unspecified atom stereocenters. The summed E-state index contributed by atoms with van der Waals surface area (Å²) in [6.07, 6.45) is -1.27. The maximum Gasteiger partial charge on any atom is 0.254 e. The van der Waals surface area contributed by atoms with Gasteiger partial charge in [0.15, 0.2) is 6.10 Å². The van der Waals surface area contributed by atoms with E-state index in [1.807, 2.05) is 13.8 Å². The molecule has 1 rings (SSSR count). The maximum atomic E-state index is 12.1. The number of hydrogen-bond acceptors (Lipinski definition) is 3. The van der Waals surface area contributed by atoms with E-state index in [1.54, 1.807) is 44.4 Å². The Hall–Kier alpha value is -1.88. The molecule has 1 aromatic rings. The van der Waals surface area contributed by atoms with E-state index in [1.165, 1.54) is 4.90 Å². The Morgan fingerprint density at radius 3 is 2.15 bits per heavy atom. The van der Waals surface area contributed by atoms with Gasteiger partial charge in [-0.25, -0.2) is 0 Å². The van der Waals surface area contributed by atoms with Gasteiger partial charge in [0.25, 0.3) is 5.91 Å². The molecule has 2 N–H and O–H groups in total. The van der Waals surface area contributed by atoms with Crippen LogP contribution in [0.3, 0.4) is 0 Å². The van der Waals surface area contributed by atoms with Crippen molar-refractivity contribution in [1.82, 2.24) is 10.2 Å². The zero-order chi connectivity index (χ0) is 15.3. The minimum absolute atomic E-state index is 0.0585. The first-order chi connectivity index (χ1) is 9.34. The normalized spacial score (nSPS) is 13.7. The van der Waals surface area contributed by atoms with Gasteiger partial charge in [0.05, 0.1) is 0 Å². The van der Waals surface area contributed by atoms with E-state index in [9.17, 15) is 14.7 Å². The number of aliphatic hydroxyl groups is 1. The van der Waals surface area contributed by atoms with Gasteiger partial charge in [-0.05, 0) is 11.5 Å². The standard InChI is InChI=1S/C15H22N2O3/c1-10(2)12(15(20)17(3)4)16-14(19)13(18)11-8-6-5-7-9-11/h5-10,12-13,18H,1-4H3,(H,16,19)/t12-,13-/m1/s1. The molecule has 2 amide bonds. The molecule has 0 saturated heterocycles. The molecule has 20 heavy (non-hydrogen) atoms. The Kier molecular flexibility index (Phi) is 5.70. The number of aliphatic hydroxyl groups excluding tert-OH is 1. The number of carbonyl (C=O) groups is 2. The molecule has 0 radical (unpaired) electrons. The summed E-state index contributed by atoms with van der Waals surface area (Å²) in [5.41, 5.74) is 0.504. The van der Waals surface area contributed by atoms with Crippen LogP contribution in [-0.4, -0.2) is 42.0 Å². The smallest absolute Gasteiger partial charge is 0.254 e. The van der Waals surface area contributed by atoms with Crippen LogP contribution in [0, 0.1) is 5.92 Å². The van der Waals surface area contributed by atoms with Gasteiger partial charge in [0, 0.05) is 14.1 Å². The molecule has 0 bridgehead atoms. The van der Waals surface area contributed by atoms with Gasteiger partial charge in [0.2, 0.25) is 5.91 Å². The van der Waals surface area contributed by atoms with Crippen molar-refractivity contribution >= 4 is 11.8 Å². The Morgan fingerprint density at radius 1 is 1.15 bits per heavy atom. The maximum absolute atomic E-state index is 12.1. The van der Waals surface area contributed by atoms with Crippen LogP contribution in [0.15, 0.2) is 30.3 Å². The second-order valence-corrected chi connectivity index (χ2v) is 5.28. The van der Waals surface area contributed by atoms with Crippen LogP contribution < -0.4 is 5.32 Å². The minimum atomic E-state index is -1.27. The third kappa shape index (κ3) is 4.06. The Morgan fingerprint density at radius 2 is 1.70 bits per heavy atom. The summed E-state index contributed by atoms with van der Waals surface area (Å²) in [4.78, 5) is 25.5. The molecule has 0 heterocycles. The molecule has 2 atom stereocenters. The van der Waals surface area contributed by atoms with Gasteiger partial charge >= 0.3 is 0 Å². The van der Waals surface area contributed by atoms with Gasteiger partial charge in [-0.1, -0.05) is 44.2 Å². The van der Waals surface area contributed by atoms with Crippen LogP contribution in [0.4, 0.5) is 0 Å². The number of hydrogen-bond donors (Lipinski definition) is 2. The number of amides is 2. The minimum Gasteiger partial charge on any atom is -0.378 e. The highest BCUT2D eigenvalue weighted by molar-refractivity contribution is 5.89. The van der Waals surface area contributed by atoms with Crippen LogP contribution >= 0.6 is 0 Å². The first kappa shape index (κ1) is 16.2. The third-order valence-corrected chi connectivity index (χ3v) is 3.03. The number of nitrogens with one attached hydrogen (secondary N) is 1. The molecule has 0 aliphatic heterocycles. The number of nitrogens with zero attached hydrogens (tertiary/aromatic N) is 1. The SMILES string of the molecule is CC(C)[C@@H](NC(=O)[C@H](O)c1ccccc1)C(=O)N(C)C. The molecule has 0 aliphatic rings. The molecule has 110 valence electrons. The molecule has 0 spiro atoms. The fourth-order valence-electron chi connectivity index (χ4n) is 1.81. The monoisotopic (exact) mass is 278 g/mol. The van der Waals surface area contributed by atoms with Gasteiger partial charge in [-0.3, -0.25) is 9.59 Å². The summed E-state index contributed by atoms with van der Waals surface area (Å²) in [5.74, 6) is -0.810. The van der Waals surface area contributed by atoms with Crippen molar-refractivity contribution in [3.63, 3.8) is 0 Å². The highest BCUT2D eigenvalue weighted by Crippen LogP contribution is 2.13. The molecule has 5 nitrogen and oxygen atoms in total. The molecule has 5 heteroatoms. The quantitative estimate of drug-likeness (QED) is 0.842. The number of carbonyl (C=O) groups excluding carboxylic acids is 2. The fourth-order valence-corrected chi connectivity index (χ4v) is 1.81. The lowest BCUT2D eigenvalue weighted by atomic mass is 10.0. The number of benzene rings is 1.